The Morgan fingerprint density at radius 1 is 1.14 bits per heavy atom. The molecule has 0 fully saturated rings. The predicted molar refractivity (Wildman–Crippen MR) is 93.8 cm³/mol. The average Bonchev–Trinajstić information content (AvgIpc) is 2.94. The first-order chi connectivity index (χ1) is 10.6. The number of nitrogens with one attached hydrogen (secondary N) is 2. The highest BCUT2D eigenvalue weighted by molar-refractivity contribution is 7.10. The molecule has 0 bridgehead atoms. The van der Waals surface area contributed by atoms with Crippen LogP contribution in [0.25, 0.3) is 0 Å². The lowest BCUT2D eigenvalue weighted by Crippen LogP contribution is -2.36. The highest BCUT2D eigenvalue weighted by Gasteiger charge is 2.04. The van der Waals surface area contributed by atoms with Gasteiger partial charge in [0.05, 0.1) is 13.7 Å². The van der Waals surface area contributed by atoms with Gasteiger partial charge >= 0.3 is 0 Å². The monoisotopic (exact) mass is 317 g/mol. The van der Waals surface area contributed by atoms with Gasteiger partial charge in [0.25, 0.3) is 0 Å². The molecule has 0 atom stereocenters. The summed E-state index contributed by atoms with van der Waals surface area (Å²) in [5, 5.41) is 8.78. The second kappa shape index (κ2) is 7.84. The Labute approximate surface area is 136 Å². The zero-order valence-electron chi connectivity index (χ0n) is 13.6. The first kappa shape index (κ1) is 16.4. The van der Waals surface area contributed by atoms with Crippen molar-refractivity contribution >= 4 is 17.3 Å². The van der Waals surface area contributed by atoms with Crippen molar-refractivity contribution in [3.05, 3.63) is 51.2 Å². The summed E-state index contributed by atoms with van der Waals surface area (Å²) < 4.78 is 5.36. The normalized spacial score (nSPS) is 11.4. The first-order valence-electron chi connectivity index (χ1n) is 7.25. The molecule has 0 aliphatic carbocycles. The molecule has 2 N–H and O–H groups in total. The molecular weight excluding hydrogens is 294 g/mol. The van der Waals surface area contributed by atoms with Crippen molar-refractivity contribution in [1.82, 2.24) is 10.6 Å². The van der Waals surface area contributed by atoms with Gasteiger partial charge in [0, 0.05) is 18.5 Å². The van der Waals surface area contributed by atoms with Crippen LogP contribution < -0.4 is 15.4 Å². The number of nitrogens with zero attached hydrogens (tertiary/aromatic N) is 1. The van der Waals surface area contributed by atoms with E-state index in [0.29, 0.717) is 6.54 Å². The Bertz CT molecular complexity index is 649. The standard InChI is InChI=1S/C17H23N3OS/c1-12-5-6-14(9-15(12)21-4)10-19-17(18-3)20-11-16-13(2)7-8-22-16/h5-9H,10-11H2,1-4H3,(H2,18,19,20). The van der Waals surface area contributed by atoms with Crippen molar-refractivity contribution in [2.75, 3.05) is 14.2 Å². The molecule has 118 valence electrons. The fourth-order valence-corrected chi connectivity index (χ4v) is 2.98. The summed E-state index contributed by atoms with van der Waals surface area (Å²) in [5.41, 5.74) is 3.62. The molecule has 0 radical (unpaired) electrons. The smallest absolute Gasteiger partial charge is 0.191 e. The molecule has 0 unspecified atom stereocenters. The second-order valence-electron chi connectivity index (χ2n) is 5.11. The topological polar surface area (TPSA) is 45.7 Å². The Balaban J connectivity index is 1.90. The van der Waals surface area contributed by atoms with Gasteiger partial charge in [-0.15, -0.1) is 11.3 Å². The third-order valence-electron chi connectivity index (χ3n) is 3.54. The molecule has 0 amide bonds. The summed E-state index contributed by atoms with van der Waals surface area (Å²) >= 11 is 1.76. The van der Waals surface area contributed by atoms with E-state index < -0.39 is 0 Å². The fraction of sp³-hybridized carbons (Fsp3) is 0.353. The summed E-state index contributed by atoms with van der Waals surface area (Å²) in [7, 11) is 3.48. The van der Waals surface area contributed by atoms with E-state index in [1.807, 2.05) is 6.92 Å². The van der Waals surface area contributed by atoms with Crippen molar-refractivity contribution in [2.45, 2.75) is 26.9 Å². The average molecular weight is 317 g/mol. The molecule has 0 saturated heterocycles. The number of aliphatic imine (C=N–C) groups is 1. The van der Waals surface area contributed by atoms with Gasteiger partial charge in [-0.2, -0.15) is 0 Å². The molecule has 1 aromatic carbocycles. The number of ether oxygens (including phenoxy) is 1. The van der Waals surface area contributed by atoms with E-state index in [9.17, 15) is 0 Å². The number of aryl methyl sites for hydroxylation is 2. The molecule has 0 aliphatic heterocycles. The van der Waals surface area contributed by atoms with E-state index in [1.54, 1.807) is 25.5 Å². The summed E-state index contributed by atoms with van der Waals surface area (Å²) in [6.07, 6.45) is 0. The summed E-state index contributed by atoms with van der Waals surface area (Å²) in [4.78, 5) is 5.59. The van der Waals surface area contributed by atoms with Crippen LogP contribution in [0, 0.1) is 13.8 Å². The van der Waals surface area contributed by atoms with E-state index in [2.05, 4.69) is 52.2 Å². The molecule has 1 heterocycles. The van der Waals surface area contributed by atoms with Crippen LogP contribution in [-0.2, 0) is 13.1 Å². The van der Waals surface area contributed by atoms with Gasteiger partial charge in [0.15, 0.2) is 5.96 Å². The highest BCUT2D eigenvalue weighted by atomic mass is 32.1. The first-order valence-corrected chi connectivity index (χ1v) is 8.13. The largest absolute Gasteiger partial charge is 0.496 e. The van der Waals surface area contributed by atoms with Gasteiger partial charge in [-0.05, 0) is 48.1 Å². The van der Waals surface area contributed by atoms with E-state index in [0.717, 1.165) is 29.4 Å². The van der Waals surface area contributed by atoms with Gasteiger partial charge in [0.1, 0.15) is 5.75 Å². The van der Waals surface area contributed by atoms with E-state index in [1.165, 1.54) is 10.4 Å². The van der Waals surface area contributed by atoms with E-state index >= 15 is 0 Å². The van der Waals surface area contributed by atoms with Crippen molar-refractivity contribution < 1.29 is 4.74 Å². The van der Waals surface area contributed by atoms with Gasteiger partial charge in [-0.1, -0.05) is 12.1 Å². The molecule has 2 rings (SSSR count). The zero-order chi connectivity index (χ0) is 15.9. The van der Waals surface area contributed by atoms with E-state index in [4.69, 9.17) is 4.74 Å². The molecule has 5 heteroatoms. The molecule has 2 aromatic rings. The van der Waals surface area contributed by atoms with Crippen LogP contribution in [-0.4, -0.2) is 20.1 Å². The lowest BCUT2D eigenvalue weighted by molar-refractivity contribution is 0.411. The Morgan fingerprint density at radius 2 is 1.91 bits per heavy atom. The summed E-state index contributed by atoms with van der Waals surface area (Å²) in [5.74, 6) is 1.71. The van der Waals surface area contributed by atoms with Crippen LogP contribution in [0.4, 0.5) is 0 Å². The minimum Gasteiger partial charge on any atom is -0.496 e. The lowest BCUT2D eigenvalue weighted by atomic mass is 10.1. The van der Waals surface area contributed by atoms with Crippen LogP contribution in [0.3, 0.4) is 0 Å². The number of rotatable bonds is 5. The zero-order valence-corrected chi connectivity index (χ0v) is 14.4. The van der Waals surface area contributed by atoms with Gasteiger partial charge in [-0.25, -0.2) is 0 Å². The molecule has 0 spiro atoms. The molecule has 0 aliphatic rings. The fourth-order valence-electron chi connectivity index (χ4n) is 2.13. The Hall–Kier alpha value is -2.01. The number of hydrogen-bond donors (Lipinski definition) is 2. The minimum atomic E-state index is 0.708. The predicted octanol–water partition coefficient (Wildman–Crippen LogP) is 3.24. The molecule has 1 aromatic heterocycles. The number of guanidine groups is 1. The van der Waals surface area contributed by atoms with Crippen LogP contribution in [0.15, 0.2) is 34.6 Å². The maximum atomic E-state index is 5.36. The summed E-state index contributed by atoms with van der Waals surface area (Å²) in [6.45, 7) is 5.67. The number of methoxy groups -OCH3 is 1. The van der Waals surface area contributed by atoms with Gasteiger partial charge in [-0.3, -0.25) is 4.99 Å². The molecule has 0 saturated carbocycles. The third kappa shape index (κ3) is 4.24. The number of benzene rings is 1. The lowest BCUT2D eigenvalue weighted by Gasteiger charge is -2.13. The Morgan fingerprint density at radius 3 is 2.55 bits per heavy atom. The highest BCUT2D eigenvalue weighted by Crippen LogP contribution is 2.18. The van der Waals surface area contributed by atoms with Crippen molar-refractivity contribution in [3.63, 3.8) is 0 Å². The van der Waals surface area contributed by atoms with Crippen molar-refractivity contribution in [1.29, 1.82) is 0 Å². The maximum Gasteiger partial charge on any atom is 0.191 e. The number of hydrogen-bond acceptors (Lipinski definition) is 3. The van der Waals surface area contributed by atoms with Crippen LogP contribution in [0.2, 0.25) is 0 Å². The van der Waals surface area contributed by atoms with Crippen LogP contribution in [0.1, 0.15) is 21.6 Å². The van der Waals surface area contributed by atoms with Gasteiger partial charge in [0.2, 0.25) is 0 Å². The summed E-state index contributed by atoms with van der Waals surface area (Å²) in [6, 6.07) is 8.36. The van der Waals surface area contributed by atoms with Crippen LogP contribution in [0.5, 0.6) is 5.75 Å². The quantitative estimate of drug-likeness (QED) is 0.657. The maximum absolute atomic E-state index is 5.36. The Kier molecular flexibility index (Phi) is 5.83. The van der Waals surface area contributed by atoms with E-state index in [-0.39, 0.29) is 0 Å². The molecular formula is C17H23N3OS. The molecule has 22 heavy (non-hydrogen) atoms. The van der Waals surface area contributed by atoms with Gasteiger partial charge < -0.3 is 15.4 Å². The van der Waals surface area contributed by atoms with Crippen LogP contribution >= 0.6 is 11.3 Å². The SMILES string of the molecule is CN=C(NCc1ccc(C)c(OC)c1)NCc1sccc1C. The van der Waals surface area contributed by atoms with Crippen molar-refractivity contribution in [2.24, 2.45) is 4.99 Å². The minimum absolute atomic E-state index is 0.708. The third-order valence-corrected chi connectivity index (χ3v) is 4.56. The second-order valence-corrected chi connectivity index (χ2v) is 6.11. The number of thiophene rings is 1. The van der Waals surface area contributed by atoms with Crippen molar-refractivity contribution in [3.8, 4) is 5.75 Å². The molecule has 4 nitrogen and oxygen atoms in total.